The van der Waals surface area contributed by atoms with E-state index in [2.05, 4.69) is 4.90 Å². The maximum atomic E-state index is 6.08. The number of ether oxygens (including phenoxy) is 1. The Hall–Kier alpha value is -1.26. The molecule has 1 unspecified atom stereocenters. The molecule has 1 saturated heterocycles. The molecule has 0 bridgehead atoms. The number of piperidine rings is 1. The highest BCUT2D eigenvalue weighted by Gasteiger charge is 2.25. The van der Waals surface area contributed by atoms with Crippen molar-refractivity contribution in [3.63, 3.8) is 0 Å². The summed E-state index contributed by atoms with van der Waals surface area (Å²) in [6.45, 7) is 4.16. The van der Waals surface area contributed by atoms with Crippen molar-refractivity contribution in [3.8, 4) is 5.75 Å². The number of nitrogens with zero attached hydrogens (tertiary/aromatic N) is 2. The van der Waals surface area contributed by atoms with Crippen molar-refractivity contribution in [2.24, 2.45) is 5.84 Å². The van der Waals surface area contributed by atoms with Gasteiger partial charge in [0.25, 0.3) is 0 Å². The zero-order valence-electron chi connectivity index (χ0n) is 10.7. The van der Waals surface area contributed by atoms with Gasteiger partial charge < -0.3 is 9.75 Å². The van der Waals surface area contributed by atoms with Crippen LogP contribution in [0, 0.1) is 0 Å². The molecule has 0 amide bonds. The minimum Gasteiger partial charge on any atom is -0.485 e. The molecule has 1 atom stereocenters. The van der Waals surface area contributed by atoms with Gasteiger partial charge in [-0.3, -0.25) is 4.90 Å². The Balaban J connectivity index is 1.66. The van der Waals surface area contributed by atoms with E-state index in [1.807, 2.05) is 29.3 Å². The summed E-state index contributed by atoms with van der Waals surface area (Å²) in [5.41, 5.74) is 0.993. The zero-order chi connectivity index (χ0) is 12.4. The van der Waals surface area contributed by atoms with Crippen LogP contribution in [0.15, 0.2) is 24.3 Å². The number of anilines is 1. The molecule has 2 heterocycles. The average Bonchev–Trinajstić information content (AvgIpc) is 2.40. The van der Waals surface area contributed by atoms with Gasteiger partial charge in [0.2, 0.25) is 0 Å². The first kappa shape index (κ1) is 11.8. The van der Waals surface area contributed by atoms with Crippen molar-refractivity contribution in [2.75, 3.05) is 31.2 Å². The molecule has 0 radical (unpaired) electrons. The van der Waals surface area contributed by atoms with Gasteiger partial charge >= 0.3 is 0 Å². The third kappa shape index (κ3) is 2.44. The van der Waals surface area contributed by atoms with Gasteiger partial charge in [0.15, 0.2) is 0 Å². The minimum absolute atomic E-state index is 0.183. The summed E-state index contributed by atoms with van der Waals surface area (Å²) >= 11 is 0. The van der Waals surface area contributed by atoms with Crippen LogP contribution >= 0.6 is 0 Å². The van der Waals surface area contributed by atoms with Crippen molar-refractivity contribution in [1.82, 2.24) is 4.90 Å². The van der Waals surface area contributed by atoms with Crippen LogP contribution in [-0.4, -0.2) is 37.2 Å². The normalized spacial score (nSPS) is 24.5. The highest BCUT2D eigenvalue weighted by Crippen LogP contribution is 2.31. The van der Waals surface area contributed by atoms with Crippen molar-refractivity contribution in [3.05, 3.63) is 24.3 Å². The first-order valence-corrected chi connectivity index (χ1v) is 6.83. The third-order valence-electron chi connectivity index (χ3n) is 3.78. The van der Waals surface area contributed by atoms with Gasteiger partial charge in [-0.25, -0.2) is 5.84 Å². The minimum atomic E-state index is 0.183. The predicted octanol–water partition coefficient (Wildman–Crippen LogP) is 1.61. The summed E-state index contributed by atoms with van der Waals surface area (Å²) in [5, 5.41) is 1.81. The third-order valence-corrected chi connectivity index (χ3v) is 3.78. The van der Waals surface area contributed by atoms with Crippen LogP contribution < -0.4 is 15.6 Å². The largest absolute Gasteiger partial charge is 0.485 e. The summed E-state index contributed by atoms with van der Waals surface area (Å²) in [6.07, 6.45) is 4.18. The second-order valence-electron chi connectivity index (χ2n) is 5.22. The highest BCUT2D eigenvalue weighted by atomic mass is 16.5. The lowest BCUT2D eigenvalue weighted by Crippen LogP contribution is -2.49. The Morgan fingerprint density at radius 1 is 1.17 bits per heavy atom. The first-order chi connectivity index (χ1) is 8.83. The Bertz CT molecular complexity index is 404. The molecule has 98 valence electrons. The van der Waals surface area contributed by atoms with Gasteiger partial charge in [-0.2, -0.15) is 0 Å². The molecule has 1 aromatic carbocycles. The molecule has 1 aromatic rings. The van der Waals surface area contributed by atoms with Crippen molar-refractivity contribution >= 4 is 5.69 Å². The van der Waals surface area contributed by atoms with Gasteiger partial charge in [0.05, 0.1) is 12.2 Å². The topological polar surface area (TPSA) is 41.7 Å². The fourth-order valence-corrected chi connectivity index (χ4v) is 2.85. The van der Waals surface area contributed by atoms with E-state index in [1.165, 1.54) is 32.4 Å². The number of hydrazine groups is 1. The summed E-state index contributed by atoms with van der Waals surface area (Å²) in [6, 6.07) is 7.99. The first-order valence-electron chi connectivity index (χ1n) is 6.83. The Kier molecular flexibility index (Phi) is 3.39. The standard InChI is InChI=1S/C14H21N3O/c15-17-11-12(10-16-8-4-1-5-9-16)18-14-7-3-2-6-13(14)17/h2-3,6-7,12H,1,4-5,8-11,15H2. The van der Waals surface area contributed by atoms with Crippen LogP contribution in [0.5, 0.6) is 5.75 Å². The molecule has 3 rings (SSSR count). The molecular formula is C14H21N3O. The Morgan fingerprint density at radius 2 is 1.94 bits per heavy atom. The van der Waals surface area contributed by atoms with Crippen LogP contribution in [-0.2, 0) is 0 Å². The summed E-state index contributed by atoms with van der Waals surface area (Å²) in [5.74, 6) is 6.99. The summed E-state index contributed by atoms with van der Waals surface area (Å²) in [4.78, 5) is 2.50. The van der Waals surface area contributed by atoms with E-state index in [4.69, 9.17) is 10.6 Å². The summed E-state index contributed by atoms with van der Waals surface area (Å²) < 4.78 is 6.04. The van der Waals surface area contributed by atoms with Crippen LogP contribution in [0.25, 0.3) is 0 Å². The lowest BCUT2D eigenvalue weighted by Gasteiger charge is -2.36. The smallest absolute Gasteiger partial charge is 0.144 e. The lowest BCUT2D eigenvalue weighted by molar-refractivity contribution is 0.116. The van der Waals surface area contributed by atoms with E-state index in [0.29, 0.717) is 0 Å². The second kappa shape index (κ2) is 5.16. The number of para-hydroxylation sites is 2. The maximum absolute atomic E-state index is 6.08. The summed E-state index contributed by atoms with van der Waals surface area (Å²) in [7, 11) is 0. The average molecular weight is 247 g/mol. The number of nitrogens with two attached hydrogens (primary N) is 1. The lowest BCUT2D eigenvalue weighted by atomic mass is 10.1. The van der Waals surface area contributed by atoms with E-state index >= 15 is 0 Å². The van der Waals surface area contributed by atoms with Crippen molar-refractivity contribution in [2.45, 2.75) is 25.4 Å². The number of fused-ring (bicyclic) bond motifs is 1. The van der Waals surface area contributed by atoms with E-state index in [-0.39, 0.29) is 6.10 Å². The van der Waals surface area contributed by atoms with Gasteiger partial charge in [-0.15, -0.1) is 0 Å². The van der Waals surface area contributed by atoms with Gasteiger partial charge in [0.1, 0.15) is 11.9 Å². The van der Waals surface area contributed by atoms with Gasteiger partial charge in [-0.1, -0.05) is 18.6 Å². The Morgan fingerprint density at radius 3 is 2.78 bits per heavy atom. The quantitative estimate of drug-likeness (QED) is 0.806. The van der Waals surface area contributed by atoms with E-state index in [9.17, 15) is 0 Å². The molecular weight excluding hydrogens is 226 g/mol. The molecule has 0 aromatic heterocycles. The SMILES string of the molecule is NN1CC(CN2CCCCC2)Oc2ccccc21. The number of hydrogen-bond donors (Lipinski definition) is 1. The second-order valence-corrected chi connectivity index (χ2v) is 5.22. The molecule has 0 saturated carbocycles. The predicted molar refractivity (Wildman–Crippen MR) is 72.7 cm³/mol. The molecule has 2 N–H and O–H groups in total. The van der Waals surface area contributed by atoms with Crippen LogP contribution in [0.1, 0.15) is 19.3 Å². The van der Waals surface area contributed by atoms with E-state index in [0.717, 1.165) is 24.5 Å². The van der Waals surface area contributed by atoms with E-state index in [1.54, 1.807) is 0 Å². The highest BCUT2D eigenvalue weighted by molar-refractivity contribution is 5.58. The van der Waals surface area contributed by atoms with Gasteiger partial charge in [-0.05, 0) is 38.1 Å². The number of benzene rings is 1. The number of likely N-dealkylation sites (tertiary alicyclic amines) is 1. The molecule has 0 aliphatic carbocycles. The van der Waals surface area contributed by atoms with Crippen molar-refractivity contribution in [1.29, 1.82) is 0 Å². The zero-order valence-corrected chi connectivity index (χ0v) is 10.7. The monoisotopic (exact) mass is 247 g/mol. The molecule has 2 aliphatic rings. The molecule has 18 heavy (non-hydrogen) atoms. The van der Waals surface area contributed by atoms with E-state index < -0.39 is 0 Å². The molecule has 1 fully saturated rings. The fourth-order valence-electron chi connectivity index (χ4n) is 2.85. The fraction of sp³-hybridized carbons (Fsp3) is 0.571. The molecule has 4 nitrogen and oxygen atoms in total. The molecule has 2 aliphatic heterocycles. The van der Waals surface area contributed by atoms with Gasteiger partial charge in [0, 0.05) is 6.54 Å². The van der Waals surface area contributed by atoms with Crippen molar-refractivity contribution < 1.29 is 4.74 Å². The number of hydrogen-bond acceptors (Lipinski definition) is 4. The Labute approximate surface area is 108 Å². The van der Waals surface area contributed by atoms with Crippen LogP contribution in [0.2, 0.25) is 0 Å². The molecule has 0 spiro atoms. The molecule has 4 heteroatoms. The maximum Gasteiger partial charge on any atom is 0.144 e. The number of rotatable bonds is 2. The van der Waals surface area contributed by atoms with Crippen LogP contribution in [0.3, 0.4) is 0 Å². The van der Waals surface area contributed by atoms with Crippen LogP contribution in [0.4, 0.5) is 5.69 Å².